The average molecular weight is 344 g/mol. The highest BCUT2D eigenvalue weighted by Gasteiger charge is 2.29. The van der Waals surface area contributed by atoms with Crippen molar-refractivity contribution < 1.29 is 22.7 Å². The Balaban J connectivity index is 2.28. The van der Waals surface area contributed by atoms with Gasteiger partial charge in [0, 0.05) is 25.2 Å². The fraction of sp³-hybridized carbons (Fsp3) is 0.533. The summed E-state index contributed by atoms with van der Waals surface area (Å²) in [4.78, 5) is 11.5. The molecule has 0 saturated carbocycles. The van der Waals surface area contributed by atoms with Crippen LogP contribution in [0.25, 0.3) is 0 Å². The molecular formula is C15H21FN2O4S. The molecular weight excluding hydrogens is 323 g/mol. The highest BCUT2D eigenvalue weighted by atomic mass is 32.2. The van der Waals surface area contributed by atoms with Crippen molar-refractivity contribution in [2.45, 2.75) is 37.2 Å². The van der Waals surface area contributed by atoms with Crippen molar-refractivity contribution in [2.24, 2.45) is 0 Å². The van der Waals surface area contributed by atoms with Crippen LogP contribution in [0.4, 0.5) is 4.39 Å². The molecule has 1 aliphatic heterocycles. The Morgan fingerprint density at radius 3 is 2.61 bits per heavy atom. The summed E-state index contributed by atoms with van der Waals surface area (Å²) in [6.07, 6.45) is 1.72. The number of piperidine rings is 1. The number of benzene rings is 1. The number of halogens is 1. The molecule has 1 amide bonds. The van der Waals surface area contributed by atoms with E-state index in [1.807, 2.05) is 0 Å². The first-order valence-corrected chi connectivity index (χ1v) is 9.02. The average Bonchev–Trinajstić information content (AvgIpc) is 2.53. The number of carbonyl (C=O) groups excluding carboxylic acids is 1. The van der Waals surface area contributed by atoms with Crippen LogP contribution in [0.15, 0.2) is 23.1 Å². The van der Waals surface area contributed by atoms with Gasteiger partial charge in [0.1, 0.15) is 10.7 Å². The molecule has 0 bridgehead atoms. The zero-order chi connectivity index (χ0) is 17.0. The van der Waals surface area contributed by atoms with Gasteiger partial charge in [0.25, 0.3) is 5.91 Å². The van der Waals surface area contributed by atoms with Gasteiger partial charge < -0.3 is 10.4 Å². The van der Waals surface area contributed by atoms with Gasteiger partial charge in [-0.2, -0.15) is 4.31 Å². The van der Waals surface area contributed by atoms with Crippen LogP contribution in [0.5, 0.6) is 0 Å². The van der Waals surface area contributed by atoms with Crippen LogP contribution in [-0.2, 0) is 10.0 Å². The van der Waals surface area contributed by atoms with E-state index in [1.54, 1.807) is 0 Å². The van der Waals surface area contributed by atoms with Gasteiger partial charge in [-0.3, -0.25) is 4.79 Å². The molecule has 0 spiro atoms. The lowest BCUT2D eigenvalue weighted by atomic mass is 10.2. The summed E-state index contributed by atoms with van der Waals surface area (Å²) in [6, 6.07) is 3.26. The molecule has 0 aliphatic carbocycles. The lowest BCUT2D eigenvalue weighted by Gasteiger charge is -2.26. The fourth-order valence-corrected chi connectivity index (χ4v) is 4.04. The number of aliphatic hydroxyl groups excluding tert-OH is 1. The molecule has 23 heavy (non-hydrogen) atoms. The summed E-state index contributed by atoms with van der Waals surface area (Å²) in [6.45, 7) is 2.27. The molecule has 1 saturated heterocycles. The van der Waals surface area contributed by atoms with Gasteiger partial charge in [-0.25, -0.2) is 12.8 Å². The maximum absolute atomic E-state index is 14.0. The minimum Gasteiger partial charge on any atom is -0.392 e. The molecule has 1 aliphatic rings. The molecule has 6 nitrogen and oxygen atoms in total. The van der Waals surface area contributed by atoms with Crippen molar-refractivity contribution in [1.82, 2.24) is 9.62 Å². The van der Waals surface area contributed by atoms with E-state index in [0.29, 0.717) is 13.1 Å². The van der Waals surface area contributed by atoms with Crippen LogP contribution >= 0.6 is 0 Å². The molecule has 0 aromatic heterocycles. The number of rotatable bonds is 5. The topological polar surface area (TPSA) is 86.7 Å². The number of carbonyl (C=O) groups is 1. The van der Waals surface area contributed by atoms with Gasteiger partial charge in [-0.05, 0) is 38.0 Å². The Hall–Kier alpha value is -1.51. The highest BCUT2D eigenvalue weighted by molar-refractivity contribution is 7.89. The van der Waals surface area contributed by atoms with Gasteiger partial charge >= 0.3 is 0 Å². The van der Waals surface area contributed by atoms with Crippen molar-refractivity contribution in [3.63, 3.8) is 0 Å². The standard InChI is InChI=1S/C15H21FN2O4S/c1-11(19)10-17-15(20)12-5-6-13(16)14(9-12)23(21,22)18-7-3-2-4-8-18/h5-6,9,11,19H,2-4,7-8,10H2,1H3,(H,17,20). The molecule has 1 aromatic rings. The molecule has 1 heterocycles. The predicted molar refractivity (Wildman–Crippen MR) is 83.0 cm³/mol. The second kappa shape index (κ2) is 7.37. The minimum absolute atomic E-state index is 0.0322. The molecule has 2 N–H and O–H groups in total. The van der Waals surface area contributed by atoms with Crippen molar-refractivity contribution in [3.05, 3.63) is 29.6 Å². The molecule has 1 atom stereocenters. The molecule has 1 fully saturated rings. The highest BCUT2D eigenvalue weighted by Crippen LogP contribution is 2.23. The molecule has 0 radical (unpaired) electrons. The number of hydrogen-bond acceptors (Lipinski definition) is 4. The lowest BCUT2D eigenvalue weighted by Crippen LogP contribution is -2.36. The zero-order valence-electron chi connectivity index (χ0n) is 13.0. The Morgan fingerprint density at radius 2 is 2.00 bits per heavy atom. The molecule has 1 unspecified atom stereocenters. The largest absolute Gasteiger partial charge is 0.392 e. The van der Waals surface area contributed by atoms with Crippen LogP contribution in [0.1, 0.15) is 36.5 Å². The number of nitrogens with zero attached hydrogens (tertiary/aromatic N) is 1. The van der Waals surface area contributed by atoms with Gasteiger partial charge in [-0.1, -0.05) is 6.42 Å². The fourth-order valence-electron chi connectivity index (χ4n) is 2.43. The third kappa shape index (κ3) is 4.27. The second-order valence-electron chi connectivity index (χ2n) is 5.67. The van der Waals surface area contributed by atoms with Gasteiger partial charge in [0.05, 0.1) is 6.10 Å². The smallest absolute Gasteiger partial charge is 0.251 e. The summed E-state index contributed by atoms with van der Waals surface area (Å²) in [5.41, 5.74) is 0.0441. The summed E-state index contributed by atoms with van der Waals surface area (Å²) >= 11 is 0. The van der Waals surface area contributed by atoms with Crippen LogP contribution in [0.2, 0.25) is 0 Å². The Morgan fingerprint density at radius 1 is 1.35 bits per heavy atom. The van der Waals surface area contributed by atoms with Crippen LogP contribution in [0, 0.1) is 5.82 Å². The third-order valence-electron chi connectivity index (χ3n) is 3.68. The van der Waals surface area contributed by atoms with E-state index >= 15 is 0 Å². The Labute approximate surface area is 135 Å². The minimum atomic E-state index is -3.95. The van der Waals surface area contributed by atoms with E-state index in [-0.39, 0.29) is 12.1 Å². The van der Waals surface area contributed by atoms with Crippen LogP contribution in [0.3, 0.4) is 0 Å². The van der Waals surface area contributed by atoms with E-state index in [0.717, 1.165) is 31.4 Å². The maximum Gasteiger partial charge on any atom is 0.251 e. The zero-order valence-corrected chi connectivity index (χ0v) is 13.8. The quantitative estimate of drug-likeness (QED) is 0.838. The first kappa shape index (κ1) is 17.8. The summed E-state index contributed by atoms with van der Waals surface area (Å²) in [5.74, 6) is -1.43. The predicted octanol–water partition coefficient (Wildman–Crippen LogP) is 1.11. The summed E-state index contributed by atoms with van der Waals surface area (Å²) in [7, 11) is -3.95. The number of nitrogens with one attached hydrogen (secondary N) is 1. The van der Waals surface area contributed by atoms with Gasteiger partial charge in [0.15, 0.2) is 0 Å². The SMILES string of the molecule is CC(O)CNC(=O)c1ccc(F)c(S(=O)(=O)N2CCCCC2)c1. The molecule has 1 aromatic carbocycles. The van der Waals surface area contributed by atoms with E-state index in [1.165, 1.54) is 17.3 Å². The molecule has 8 heteroatoms. The summed E-state index contributed by atoms with van der Waals surface area (Å²) in [5, 5.41) is 11.6. The van der Waals surface area contributed by atoms with Gasteiger partial charge in [0.2, 0.25) is 10.0 Å². The van der Waals surface area contributed by atoms with Crippen molar-refractivity contribution in [2.75, 3.05) is 19.6 Å². The van der Waals surface area contributed by atoms with E-state index < -0.39 is 32.7 Å². The number of hydrogen-bond donors (Lipinski definition) is 2. The first-order valence-electron chi connectivity index (χ1n) is 7.58. The summed E-state index contributed by atoms with van der Waals surface area (Å²) < 4.78 is 40.4. The van der Waals surface area contributed by atoms with Gasteiger partial charge in [-0.15, -0.1) is 0 Å². The van der Waals surface area contributed by atoms with Crippen LogP contribution in [-0.4, -0.2) is 49.5 Å². The second-order valence-corrected chi connectivity index (χ2v) is 7.58. The van der Waals surface area contributed by atoms with Crippen molar-refractivity contribution in [1.29, 1.82) is 0 Å². The lowest BCUT2D eigenvalue weighted by molar-refractivity contribution is 0.0923. The molecule has 128 valence electrons. The third-order valence-corrected chi connectivity index (χ3v) is 5.60. The van der Waals surface area contributed by atoms with E-state index in [2.05, 4.69) is 5.32 Å². The van der Waals surface area contributed by atoms with Crippen molar-refractivity contribution in [3.8, 4) is 0 Å². The molecule has 2 rings (SSSR count). The maximum atomic E-state index is 14.0. The van der Waals surface area contributed by atoms with E-state index in [9.17, 15) is 17.6 Å². The van der Waals surface area contributed by atoms with E-state index in [4.69, 9.17) is 5.11 Å². The first-order chi connectivity index (χ1) is 10.8. The van der Waals surface area contributed by atoms with Crippen LogP contribution < -0.4 is 5.32 Å². The number of sulfonamides is 1. The van der Waals surface area contributed by atoms with Crippen molar-refractivity contribution >= 4 is 15.9 Å². The number of amides is 1. The normalized spacial score (nSPS) is 17.7. The monoisotopic (exact) mass is 344 g/mol. The Bertz CT molecular complexity index is 670. The number of aliphatic hydroxyl groups is 1. The Kier molecular flexibility index (Phi) is 5.72.